The molecule has 2 aliphatic heterocycles. The summed E-state index contributed by atoms with van der Waals surface area (Å²) in [5.41, 5.74) is 4.97. The Morgan fingerprint density at radius 1 is 1.15 bits per heavy atom. The molecular formula is C22H27NO3. The van der Waals surface area contributed by atoms with Gasteiger partial charge in [-0.1, -0.05) is 23.8 Å². The minimum atomic E-state index is 0.155. The fraction of sp³-hybridized carbons (Fsp3) is 0.455. The molecule has 2 aromatic rings. The Kier molecular flexibility index (Phi) is 4.77. The number of anilines is 1. The van der Waals surface area contributed by atoms with Gasteiger partial charge in [-0.3, -0.25) is 0 Å². The number of aryl methyl sites for hydroxylation is 1. The van der Waals surface area contributed by atoms with Crippen LogP contribution in [0.25, 0.3) is 0 Å². The van der Waals surface area contributed by atoms with Crippen LogP contribution in [0.4, 0.5) is 5.69 Å². The van der Waals surface area contributed by atoms with E-state index in [2.05, 4.69) is 42.6 Å². The van der Waals surface area contributed by atoms with E-state index in [9.17, 15) is 0 Å². The molecule has 2 aromatic carbocycles. The summed E-state index contributed by atoms with van der Waals surface area (Å²) >= 11 is 0. The van der Waals surface area contributed by atoms with Crippen molar-refractivity contribution in [3.63, 3.8) is 0 Å². The SMILES string of the molecule is CCOc1ccc([C@H]2Nc3ccc(C)cc3[C@H]3OCCC[C@@H]23)cc1OC. The summed E-state index contributed by atoms with van der Waals surface area (Å²) in [5, 5.41) is 3.77. The van der Waals surface area contributed by atoms with Gasteiger partial charge in [0.25, 0.3) is 0 Å². The lowest BCUT2D eigenvalue weighted by molar-refractivity contribution is -0.0381. The molecule has 0 radical (unpaired) electrons. The van der Waals surface area contributed by atoms with Crippen LogP contribution in [0.5, 0.6) is 11.5 Å². The van der Waals surface area contributed by atoms with E-state index in [1.54, 1.807) is 7.11 Å². The highest BCUT2D eigenvalue weighted by Crippen LogP contribution is 2.50. The van der Waals surface area contributed by atoms with Crippen molar-refractivity contribution in [2.75, 3.05) is 25.6 Å². The van der Waals surface area contributed by atoms with E-state index >= 15 is 0 Å². The highest BCUT2D eigenvalue weighted by Gasteiger charge is 2.40. The number of ether oxygens (including phenoxy) is 3. The lowest BCUT2D eigenvalue weighted by atomic mass is 9.77. The standard InChI is InChI=1S/C22H27NO3/c1-4-25-19-10-8-15(13-20(19)24-3)21-16-6-5-11-26-22(16)17-12-14(2)7-9-18(17)23-21/h7-10,12-13,16,21-23H,4-6,11H2,1-3H3/t16-,21+,22-/m0/s1. The molecule has 2 aliphatic rings. The van der Waals surface area contributed by atoms with Gasteiger partial charge < -0.3 is 19.5 Å². The highest BCUT2D eigenvalue weighted by molar-refractivity contribution is 5.59. The van der Waals surface area contributed by atoms with Gasteiger partial charge in [-0.25, -0.2) is 0 Å². The number of hydrogen-bond donors (Lipinski definition) is 1. The van der Waals surface area contributed by atoms with Gasteiger partial charge in [-0.15, -0.1) is 0 Å². The zero-order chi connectivity index (χ0) is 18.1. The van der Waals surface area contributed by atoms with Gasteiger partial charge >= 0.3 is 0 Å². The normalized spacial score (nSPS) is 24.2. The Bertz CT molecular complexity index is 789. The third-order valence-electron chi connectivity index (χ3n) is 5.47. The fourth-order valence-corrected chi connectivity index (χ4v) is 4.27. The summed E-state index contributed by atoms with van der Waals surface area (Å²) < 4.78 is 17.5. The molecule has 0 bridgehead atoms. The first-order valence-corrected chi connectivity index (χ1v) is 9.50. The summed E-state index contributed by atoms with van der Waals surface area (Å²) in [6.07, 6.45) is 2.42. The average Bonchev–Trinajstić information content (AvgIpc) is 2.68. The van der Waals surface area contributed by atoms with E-state index in [1.165, 1.54) is 22.4 Å². The number of benzene rings is 2. The predicted molar refractivity (Wildman–Crippen MR) is 103 cm³/mol. The predicted octanol–water partition coefficient (Wildman–Crippen LogP) is 5.04. The van der Waals surface area contributed by atoms with Crippen molar-refractivity contribution in [2.45, 2.75) is 38.8 Å². The van der Waals surface area contributed by atoms with Crippen LogP contribution in [0.3, 0.4) is 0 Å². The van der Waals surface area contributed by atoms with Crippen LogP contribution < -0.4 is 14.8 Å². The smallest absolute Gasteiger partial charge is 0.161 e. The number of rotatable bonds is 4. The summed E-state index contributed by atoms with van der Waals surface area (Å²) in [5.74, 6) is 2.00. The molecule has 3 atom stereocenters. The van der Waals surface area contributed by atoms with Crippen molar-refractivity contribution in [2.24, 2.45) is 5.92 Å². The first kappa shape index (κ1) is 17.2. The van der Waals surface area contributed by atoms with Crippen molar-refractivity contribution >= 4 is 5.69 Å². The van der Waals surface area contributed by atoms with Crippen molar-refractivity contribution < 1.29 is 14.2 Å². The first-order valence-electron chi connectivity index (χ1n) is 9.50. The van der Waals surface area contributed by atoms with Gasteiger partial charge in [0.15, 0.2) is 11.5 Å². The van der Waals surface area contributed by atoms with Crippen molar-refractivity contribution in [1.82, 2.24) is 0 Å². The van der Waals surface area contributed by atoms with E-state index in [4.69, 9.17) is 14.2 Å². The summed E-state index contributed by atoms with van der Waals surface area (Å²) in [7, 11) is 1.69. The summed E-state index contributed by atoms with van der Waals surface area (Å²) in [4.78, 5) is 0. The minimum Gasteiger partial charge on any atom is -0.493 e. The molecular weight excluding hydrogens is 326 g/mol. The topological polar surface area (TPSA) is 39.7 Å². The number of methoxy groups -OCH3 is 1. The minimum absolute atomic E-state index is 0.155. The Balaban J connectivity index is 1.73. The maximum Gasteiger partial charge on any atom is 0.161 e. The average molecular weight is 353 g/mol. The molecule has 1 fully saturated rings. The largest absolute Gasteiger partial charge is 0.493 e. The maximum absolute atomic E-state index is 6.24. The molecule has 138 valence electrons. The zero-order valence-electron chi connectivity index (χ0n) is 15.7. The molecule has 0 aromatic heterocycles. The van der Waals surface area contributed by atoms with E-state index in [0.717, 1.165) is 30.9 Å². The Labute approximate surface area is 155 Å². The Morgan fingerprint density at radius 2 is 2.04 bits per heavy atom. The second kappa shape index (κ2) is 7.20. The van der Waals surface area contributed by atoms with E-state index in [0.29, 0.717) is 12.5 Å². The zero-order valence-corrected chi connectivity index (χ0v) is 15.7. The molecule has 4 heteroatoms. The lowest BCUT2D eigenvalue weighted by Gasteiger charge is -2.43. The molecule has 1 saturated heterocycles. The van der Waals surface area contributed by atoms with Gasteiger partial charge in [0.1, 0.15) is 0 Å². The third kappa shape index (κ3) is 3.03. The summed E-state index contributed by atoms with van der Waals surface area (Å²) in [6.45, 7) is 5.59. The second-order valence-electron chi connectivity index (χ2n) is 7.15. The van der Waals surface area contributed by atoms with Gasteiger partial charge in [-0.05, 0) is 50.5 Å². The van der Waals surface area contributed by atoms with Crippen molar-refractivity contribution in [3.05, 3.63) is 53.1 Å². The Hall–Kier alpha value is -2.20. The van der Waals surface area contributed by atoms with Gasteiger partial charge in [0.2, 0.25) is 0 Å². The first-order chi connectivity index (χ1) is 12.7. The molecule has 4 nitrogen and oxygen atoms in total. The molecule has 1 N–H and O–H groups in total. The fourth-order valence-electron chi connectivity index (χ4n) is 4.27. The quantitative estimate of drug-likeness (QED) is 0.836. The molecule has 0 saturated carbocycles. The van der Waals surface area contributed by atoms with Gasteiger partial charge in [-0.2, -0.15) is 0 Å². The van der Waals surface area contributed by atoms with Crippen LogP contribution in [0.1, 0.15) is 48.6 Å². The monoisotopic (exact) mass is 353 g/mol. The van der Waals surface area contributed by atoms with Crippen LogP contribution in [-0.2, 0) is 4.74 Å². The number of fused-ring (bicyclic) bond motifs is 3. The van der Waals surface area contributed by atoms with E-state index in [-0.39, 0.29) is 12.1 Å². The van der Waals surface area contributed by atoms with Crippen molar-refractivity contribution in [3.8, 4) is 11.5 Å². The molecule has 4 rings (SSSR count). The molecule has 0 amide bonds. The lowest BCUT2D eigenvalue weighted by Crippen LogP contribution is -2.36. The maximum atomic E-state index is 6.24. The molecule has 2 heterocycles. The van der Waals surface area contributed by atoms with E-state index in [1.807, 2.05) is 13.0 Å². The van der Waals surface area contributed by atoms with Crippen LogP contribution in [0, 0.1) is 12.8 Å². The van der Waals surface area contributed by atoms with Crippen LogP contribution in [0.2, 0.25) is 0 Å². The molecule has 26 heavy (non-hydrogen) atoms. The molecule has 0 spiro atoms. The van der Waals surface area contributed by atoms with Crippen LogP contribution >= 0.6 is 0 Å². The van der Waals surface area contributed by atoms with E-state index < -0.39 is 0 Å². The highest BCUT2D eigenvalue weighted by atomic mass is 16.5. The molecule has 0 unspecified atom stereocenters. The van der Waals surface area contributed by atoms with Crippen LogP contribution in [-0.4, -0.2) is 20.3 Å². The van der Waals surface area contributed by atoms with Gasteiger partial charge in [0.05, 0.1) is 25.9 Å². The Morgan fingerprint density at radius 3 is 2.85 bits per heavy atom. The third-order valence-corrected chi connectivity index (χ3v) is 5.47. The van der Waals surface area contributed by atoms with Crippen LogP contribution in [0.15, 0.2) is 36.4 Å². The second-order valence-corrected chi connectivity index (χ2v) is 7.15. The van der Waals surface area contributed by atoms with Gasteiger partial charge in [0, 0.05) is 23.8 Å². The number of nitrogens with one attached hydrogen (secondary N) is 1. The van der Waals surface area contributed by atoms with Crippen molar-refractivity contribution in [1.29, 1.82) is 0 Å². The number of hydrogen-bond acceptors (Lipinski definition) is 4. The summed E-state index contributed by atoms with van der Waals surface area (Å²) in [6, 6.07) is 13.1. The molecule has 0 aliphatic carbocycles.